The average molecular weight is 391 g/mol. The predicted molar refractivity (Wildman–Crippen MR) is 88.6 cm³/mol. The van der Waals surface area contributed by atoms with Crippen LogP contribution in [0.15, 0.2) is 12.1 Å². The van der Waals surface area contributed by atoms with Gasteiger partial charge in [-0.1, -0.05) is 0 Å². The molecule has 1 aliphatic rings. The SMILES string of the molecule is CC(=O)c1c(C(F)(F)F)n([O-])c2cc(F)c(N3CCSCC3)cc2[n+]1=O. The number of thioether (sulfide) groups is 1. The Morgan fingerprint density at radius 1 is 1.27 bits per heavy atom. The van der Waals surface area contributed by atoms with E-state index < -0.39 is 44.9 Å². The first kappa shape index (κ1) is 18.5. The smallest absolute Gasteiger partial charge is 0.438 e. The summed E-state index contributed by atoms with van der Waals surface area (Å²) in [6.45, 7) is 1.74. The molecule has 3 rings (SSSR count). The number of hydrogen-bond donors (Lipinski definition) is 0. The molecular weight excluding hydrogens is 378 g/mol. The van der Waals surface area contributed by atoms with Gasteiger partial charge in [-0.05, 0) is 0 Å². The van der Waals surface area contributed by atoms with Crippen molar-refractivity contribution in [3.63, 3.8) is 0 Å². The molecular formula is C15H13F4N3O3S. The zero-order chi connectivity index (χ0) is 19.2. The topological polar surface area (TPSA) is 71.3 Å². The summed E-state index contributed by atoms with van der Waals surface area (Å²) >= 11 is 1.66. The molecule has 0 radical (unpaired) electrons. The van der Waals surface area contributed by atoms with Crippen LogP contribution in [0.1, 0.15) is 23.1 Å². The average Bonchev–Trinajstić information content (AvgIpc) is 2.56. The number of hydrogen-bond acceptors (Lipinski definition) is 5. The Bertz CT molecular complexity index is 952. The third-order valence-electron chi connectivity index (χ3n) is 4.07. The standard InChI is InChI=1S/C15H13F4N3O3S/c1-8(23)13-14(15(17,18)19)22(25)11-6-9(16)10(7-12(11)21(13)24)20-2-4-26-5-3-20/h6-7H,2-5H2,1H3. The molecule has 0 unspecified atom stereocenters. The van der Waals surface area contributed by atoms with E-state index in [1.165, 1.54) is 0 Å². The molecule has 0 aliphatic carbocycles. The number of rotatable bonds is 2. The highest BCUT2D eigenvalue weighted by Crippen LogP contribution is 2.34. The lowest BCUT2D eigenvalue weighted by Crippen LogP contribution is -2.35. The van der Waals surface area contributed by atoms with Crippen LogP contribution in [0.25, 0.3) is 11.0 Å². The van der Waals surface area contributed by atoms with E-state index in [0.717, 1.165) is 24.5 Å². The van der Waals surface area contributed by atoms with E-state index in [9.17, 15) is 32.5 Å². The van der Waals surface area contributed by atoms with Gasteiger partial charge in [0.1, 0.15) is 11.3 Å². The van der Waals surface area contributed by atoms with Gasteiger partial charge in [-0.2, -0.15) is 24.9 Å². The van der Waals surface area contributed by atoms with E-state index in [-0.39, 0.29) is 10.1 Å². The lowest BCUT2D eigenvalue weighted by atomic mass is 10.1. The van der Waals surface area contributed by atoms with Gasteiger partial charge in [0, 0.05) is 48.6 Å². The van der Waals surface area contributed by atoms with E-state index in [0.29, 0.717) is 19.2 Å². The Morgan fingerprint density at radius 2 is 1.88 bits per heavy atom. The maximum atomic E-state index is 14.4. The molecule has 0 N–H and O–H groups in total. The molecule has 1 aromatic carbocycles. The molecule has 2 heterocycles. The molecule has 1 saturated heterocycles. The van der Waals surface area contributed by atoms with Crippen LogP contribution in [0.2, 0.25) is 0 Å². The summed E-state index contributed by atoms with van der Waals surface area (Å²) in [4.78, 5) is 25.7. The second-order valence-corrected chi connectivity index (χ2v) is 6.96. The summed E-state index contributed by atoms with van der Waals surface area (Å²) < 4.78 is 53.3. The summed E-state index contributed by atoms with van der Waals surface area (Å²) in [7, 11) is 0. The number of alkyl halides is 3. The molecule has 1 aromatic heterocycles. The summed E-state index contributed by atoms with van der Waals surface area (Å²) in [5, 5.41) is 12.2. The minimum absolute atomic E-state index is 0.0108. The summed E-state index contributed by atoms with van der Waals surface area (Å²) in [5.41, 5.74) is -4.53. The number of halogens is 4. The van der Waals surface area contributed by atoms with E-state index in [1.54, 1.807) is 16.7 Å². The molecule has 0 atom stereocenters. The van der Waals surface area contributed by atoms with Gasteiger partial charge in [0.2, 0.25) is 11.5 Å². The first-order valence-corrected chi connectivity index (χ1v) is 8.71. The highest BCUT2D eigenvalue weighted by atomic mass is 32.2. The maximum Gasteiger partial charge on any atom is 0.438 e. The quantitative estimate of drug-likeness (QED) is 0.447. The van der Waals surface area contributed by atoms with Crippen molar-refractivity contribution in [2.45, 2.75) is 13.1 Å². The van der Waals surface area contributed by atoms with Crippen LogP contribution in [0.4, 0.5) is 23.2 Å². The van der Waals surface area contributed by atoms with Crippen molar-refractivity contribution in [1.82, 2.24) is 4.73 Å². The molecule has 0 saturated carbocycles. The van der Waals surface area contributed by atoms with Crippen molar-refractivity contribution in [2.75, 3.05) is 29.5 Å². The number of Topliss-reactive ketones (excluding diaryl/α,β-unsaturated/α-hetero) is 1. The lowest BCUT2D eigenvalue weighted by Gasteiger charge is -2.29. The molecule has 0 spiro atoms. The van der Waals surface area contributed by atoms with Crippen LogP contribution in [0.5, 0.6) is 0 Å². The van der Waals surface area contributed by atoms with Gasteiger partial charge in [-0.25, -0.2) is 4.39 Å². The number of nitrogens with zero attached hydrogens (tertiary/aromatic N) is 3. The number of anilines is 1. The second kappa shape index (κ2) is 6.45. The van der Waals surface area contributed by atoms with Crippen molar-refractivity contribution >= 4 is 34.3 Å². The second-order valence-electron chi connectivity index (χ2n) is 5.73. The number of fused-ring (bicyclic) bond motifs is 1. The fourth-order valence-corrected chi connectivity index (χ4v) is 3.81. The van der Waals surface area contributed by atoms with Crippen LogP contribution in [-0.4, -0.2) is 35.1 Å². The van der Waals surface area contributed by atoms with Gasteiger partial charge in [-0.3, -0.25) is 4.79 Å². The van der Waals surface area contributed by atoms with Crippen LogP contribution in [0.3, 0.4) is 0 Å². The molecule has 2 aromatic rings. The van der Waals surface area contributed by atoms with Gasteiger partial charge in [0.05, 0.1) is 10.1 Å². The molecule has 140 valence electrons. The minimum atomic E-state index is -5.25. The van der Waals surface area contributed by atoms with E-state index in [4.69, 9.17) is 0 Å². The molecule has 11 heteroatoms. The first-order chi connectivity index (χ1) is 12.1. The van der Waals surface area contributed by atoms with Crippen molar-refractivity contribution in [1.29, 1.82) is 0 Å². The molecule has 6 nitrogen and oxygen atoms in total. The van der Waals surface area contributed by atoms with Crippen LogP contribution in [0, 0.1) is 15.9 Å². The van der Waals surface area contributed by atoms with Gasteiger partial charge in [-0.15, -0.1) is 0 Å². The largest absolute Gasteiger partial charge is 0.805 e. The molecule has 1 fully saturated rings. The van der Waals surface area contributed by atoms with Gasteiger partial charge in [0.15, 0.2) is 0 Å². The fraction of sp³-hybridized carbons (Fsp3) is 0.400. The maximum absolute atomic E-state index is 14.4. The number of carbonyl (C=O) groups excluding carboxylic acids is 1. The lowest BCUT2D eigenvalue weighted by molar-refractivity contribution is -0.470. The molecule has 0 bridgehead atoms. The first-order valence-electron chi connectivity index (χ1n) is 7.56. The van der Waals surface area contributed by atoms with E-state index in [1.807, 2.05) is 0 Å². The van der Waals surface area contributed by atoms with E-state index in [2.05, 4.69) is 0 Å². The Hall–Kier alpha value is -2.30. The minimum Gasteiger partial charge on any atom is -0.805 e. The van der Waals surface area contributed by atoms with E-state index >= 15 is 0 Å². The highest BCUT2D eigenvalue weighted by molar-refractivity contribution is 7.99. The Balaban J connectivity index is 2.36. The number of aromatic nitrogens is 2. The summed E-state index contributed by atoms with van der Waals surface area (Å²) in [6.07, 6.45) is -5.25. The van der Waals surface area contributed by atoms with Crippen molar-refractivity contribution < 1.29 is 26.8 Å². The van der Waals surface area contributed by atoms with Gasteiger partial charge < -0.3 is 14.8 Å². The Kier molecular flexibility index (Phi) is 4.59. The highest BCUT2D eigenvalue weighted by Gasteiger charge is 2.44. The van der Waals surface area contributed by atoms with Crippen molar-refractivity contribution in [2.24, 2.45) is 0 Å². The van der Waals surface area contributed by atoms with Crippen molar-refractivity contribution in [3.8, 4) is 0 Å². The Labute approximate surface area is 148 Å². The third-order valence-corrected chi connectivity index (χ3v) is 5.01. The van der Waals surface area contributed by atoms with Crippen molar-refractivity contribution in [3.05, 3.63) is 39.5 Å². The summed E-state index contributed by atoms with van der Waals surface area (Å²) in [6, 6.07) is 1.63. The van der Waals surface area contributed by atoms with Gasteiger partial charge >= 0.3 is 11.9 Å². The predicted octanol–water partition coefficient (Wildman–Crippen LogP) is 2.82. The number of ketones is 1. The third kappa shape index (κ3) is 3.00. The molecule has 1 aliphatic heterocycles. The molecule has 0 amide bonds. The number of benzene rings is 1. The van der Waals surface area contributed by atoms with Gasteiger partial charge in [0.25, 0.3) is 5.52 Å². The normalized spacial score (nSPS) is 15.5. The molecule has 26 heavy (non-hydrogen) atoms. The van der Waals surface area contributed by atoms with Crippen LogP contribution in [-0.2, 0) is 6.18 Å². The van der Waals surface area contributed by atoms with Crippen LogP contribution >= 0.6 is 11.8 Å². The fourth-order valence-electron chi connectivity index (χ4n) is 2.90. The summed E-state index contributed by atoms with van der Waals surface area (Å²) in [5.74, 6) is -0.665. The zero-order valence-corrected chi connectivity index (χ0v) is 14.3. The van der Waals surface area contributed by atoms with Crippen LogP contribution < -0.4 is 9.33 Å². The number of carbonyl (C=O) groups is 1. The monoisotopic (exact) mass is 391 g/mol. The Morgan fingerprint density at radius 3 is 2.42 bits per heavy atom. The zero-order valence-electron chi connectivity index (χ0n) is 13.5.